The highest BCUT2D eigenvalue weighted by Gasteiger charge is 2.17. The van der Waals surface area contributed by atoms with Crippen molar-refractivity contribution in [2.75, 3.05) is 26.8 Å². The fourth-order valence-electron chi connectivity index (χ4n) is 2.59. The molecule has 1 N–H and O–H groups in total. The summed E-state index contributed by atoms with van der Waals surface area (Å²) in [5.41, 5.74) is 0.637. The van der Waals surface area contributed by atoms with Crippen LogP contribution in [0.1, 0.15) is 25.5 Å². The molecule has 20 heavy (non-hydrogen) atoms. The van der Waals surface area contributed by atoms with E-state index in [2.05, 4.69) is 11.8 Å². The lowest BCUT2D eigenvalue weighted by molar-refractivity contribution is 0.170. The van der Waals surface area contributed by atoms with Gasteiger partial charge < -0.3 is 14.4 Å². The lowest BCUT2D eigenvalue weighted by Crippen LogP contribution is -2.33. The Kier molecular flexibility index (Phi) is 5.20. The maximum atomic E-state index is 11.6. The molecule has 2 rings (SSSR count). The van der Waals surface area contributed by atoms with Gasteiger partial charge in [-0.1, -0.05) is 6.92 Å². The van der Waals surface area contributed by atoms with E-state index >= 15 is 0 Å². The van der Waals surface area contributed by atoms with Gasteiger partial charge in [0.25, 0.3) is 0 Å². The van der Waals surface area contributed by atoms with E-state index in [0.717, 1.165) is 31.2 Å². The Balaban J connectivity index is 2.12. The average Bonchev–Trinajstić information content (AvgIpc) is 2.43. The van der Waals surface area contributed by atoms with Crippen LogP contribution >= 0.6 is 0 Å². The van der Waals surface area contributed by atoms with Crippen molar-refractivity contribution in [3.63, 3.8) is 0 Å². The first kappa shape index (κ1) is 15.1. The fourth-order valence-corrected chi connectivity index (χ4v) is 2.59. The molecule has 112 valence electrons. The number of aromatic hydroxyl groups is 1. The number of hydrogen-bond donors (Lipinski definition) is 1. The Morgan fingerprint density at radius 1 is 1.40 bits per heavy atom. The number of hydrogen-bond acceptors (Lipinski definition) is 4. The lowest BCUT2D eigenvalue weighted by Gasteiger charge is -2.30. The Labute approximate surface area is 119 Å². The molecule has 1 aliphatic heterocycles. The molecule has 2 heterocycles. The molecule has 0 aliphatic carbocycles. The maximum absolute atomic E-state index is 11.6. The zero-order valence-electron chi connectivity index (χ0n) is 12.3. The second-order valence-corrected chi connectivity index (χ2v) is 5.66. The van der Waals surface area contributed by atoms with Crippen LogP contribution in [0, 0.1) is 5.92 Å². The molecule has 1 aliphatic rings. The third-order valence-corrected chi connectivity index (χ3v) is 4.00. The van der Waals surface area contributed by atoms with E-state index in [4.69, 9.17) is 4.74 Å². The van der Waals surface area contributed by atoms with Gasteiger partial charge in [0.1, 0.15) is 0 Å². The van der Waals surface area contributed by atoms with E-state index in [0.29, 0.717) is 13.2 Å². The molecule has 0 aromatic carbocycles. The number of nitrogens with zero attached hydrogens (tertiary/aromatic N) is 2. The van der Waals surface area contributed by atoms with Crippen LogP contribution in [0.15, 0.2) is 17.1 Å². The van der Waals surface area contributed by atoms with Gasteiger partial charge in [0.15, 0.2) is 5.75 Å². The SMILES string of the molecule is COCCn1cc(O)c(=O)cc1CN1CCC(C)CC1. The minimum Gasteiger partial charge on any atom is -0.503 e. The second kappa shape index (κ2) is 6.90. The fraction of sp³-hybridized carbons (Fsp3) is 0.667. The van der Waals surface area contributed by atoms with E-state index < -0.39 is 0 Å². The van der Waals surface area contributed by atoms with Crippen molar-refractivity contribution >= 4 is 0 Å². The molecular weight excluding hydrogens is 256 g/mol. The van der Waals surface area contributed by atoms with Crippen LogP contribution in [-0.2, 0) is 17.8 Å². The minimum atomic E-state index is -0.306. The Morgan fingerprint density at radius 2 is 2.10 bits per heavy atom. The molecule has 0 spiro atoms. The van der Waals surface area contributed by atoms with Gasteiger partial charge in [0.05, 0.1) is 12.8 Å². The molecule has 1 aromatic rings. The Morgan fingerprint density at radius 3 is 2.75 bits per heavy atom. The van der Waals surface area contributed by atoms with E-state index in [1.54, 1.807) is 13.2 Å². The molecule has 0 atom stereocenters. The highest BCUT2D eigenvalue weighted by atomic mass is 16.5. The molecule has 5 heteroatoms. The number of rotatable bonds is 5. The van der Waals surface area contributed by atoms with Crippen molar-refractivity contribution in [1.29, 1.82) is 0 Å². The second-order valence-electron chi connectivity index (χ2n) is 5.66. The maximum Gasteiger partial charge on any atom is 0.223 e. The van der Waals surface area contributed by atoms with Crippen LogP contribution in [0.2, 0.25) is 0 Å². The minimum absolute atomic E-state index is 0.197. The molecule has 5 nitrogen and oxygen atoms in total. The van der Waals surface area contributed by atoms with Crippen molar-refractivity contribution < 1.29 is 9.84 Å². The predicted molar refractivity (Wildman–Crippen MR) is 77.9 cm³/mol. The van der Waals surface area contributed by atoms with E-state index in [-0.39, 0.29) is 11.2 Å². The van der Waals surface area contributed by atoms with Crippen LogP contribution in [0.5, 0.6) is 5.75 Å². The first-order chi connectivity index (χ1) is 9.60. The first-order valence-corrected chi connectivity index (χ1v) is 7.23. The molecule has 0 radical (unpaired) electrons. The van der Waals surface area contributed by atoms with Crippen LogP contribution in [0.25, 0.3) is 0 Å². The van der Waals surface area contributed by atoms with E-state index in [1.807, 2.05) is 4.57 Å². The van der Waals surface area contributed by atoms with Gasteiger partial charge in [-0.15, -0.1) is 0 Å². The number of ether oxygens (including phenoxy) is 1. The van der Waals surface area contributed by atoms with Gasteiger partial charge in [-0.25, -0.2) is 0 Å². The lowest BCUT2D eigenvalue weighted by atomic mass is 9.99. The molecule has 0 unspecified atom stereocenters. The largest absolute Gasteiger partial charge is 0.503 e. The van der Waals surface area contributed by atoms with Gasteiger partial charge >= 0.3 is 0 Å². The molecule has 0 bridgehead atoms. The molecular formula is C15H24N2O3. The summed E-state index contributed by atoms with van der Waals surface area (Å²) in [6.07, 6.45) is 3.93. The van der Waals surface area contributed by atoms with E-state index in [9.17, 15) is 9.90 Å². The Hall–Kier alpha value is -1.33. The topological polar surface area (TPSA) is 54.7 Å². The van der Waals surface area contributed by atoms with Crippen molar-refractivity contribution in [3.05, 3.63) is 28.2 Å². The molecule has 1 fully saturated rings. The molecule has 0 amide bonds. The smallest absolute Gasteiger partial charge is 0.223 e. The quantitative estimate of drug-likeness (QED) is 0.886. The van der Waals surface area contributed by atoms with E-state index in [1.165, 1.54) is 19.0 Å². The molecule has 0 saturated carbocycles. The van der Waals surface area contributed by atoms with Crippen molar-refractivity contribution in [2.24, 2.45) is 5.92 Å². The van der Waals surface area contributed by atoms with Crippen LogP contribution < -0.4 is 5.43 Å². The monoisotopic (exact) mass is 280 g/mol. The normalized spacial score (nSPS) is 17.5. The standard InChI is InChI=1S/C15H24N2O3/c1-12-3-5-16(6-4-12)10-13-9-14(18)15(19)11-17(13)7-8-20-2/h9,11-12,19H,3-8,10H2,1-2H3. The zero-order chi connectivity index (χ0) is 14.5. The van der Waals surface area contributed by atoms with Gasteiger partial charge in [-0.3, -0.25) is 9.69 Å². The number of piperidine rings is 1. The predicted octanol–water partition coefficient (Wildman–Crippen LogP) is 1.43. The van der Waals surface area contributed by atoms with Crippen LogP contribution in [0.3, 0.4) is 0 Å². The summed E-state index contributed by atoms with van der Waals surface area (Å²) in [5, 5.41) is 9.58. The summed E-state index contributed by atoms with van der Waals surface area (Å²) >= 11 is 0. The van der Waals surface area contributed by atoms with Crippen molar-refractivity contribution in [2.45, 2.75) is 32.9 Å². The highest BCUT2D eigenvalue weighted by molar-refractivity contribution is 5.20. The zero-order valence-corrected chi connectivity index (χ0v) is 12.3. The number of pyridine rings is 1. The van der Waals surface area contributed by atoms with Crippen LogP contribution in [-0.4, -0.2) is 41.4 Å². The van der Waals surface area contributed by atoms with Crippen LogP contribution in [0.4, 0.5) is 0 Å². The third-order valence-electron chi connectivity index (χ3n) is 4.00. The average molecular weight is 280 g/mol. The number of likely N-dealkylation sites (tertiary alicyclic amines) is 1. The molecule has 1 aromatic heterocycles. The van der Waals surface area contributed by atoms with Gasteiger partial charge in [-0.05, 0) is 31.8 Å². The number of aromatic nitrogens is 1. The molecule has 1 saturated heterocycles. The summed E-state index contributed by atoms with van der Waals surface area (Å²) in [5.74, 6) is 0.596. The van der Waals surface area contributed by atoms with Gasteiger partial charge in [0.2, 0.25) is 5.43 Å². The number of methoxy groups -OCH3 is 1. The summed E-state index contributed by atoms with van der Waals surface area (Å²) in [7, 11) is 1.65. The summed E-state index contributed by atoms with van der Waals surface area (Å²) in [4.78, 5) is 14.0. The summed E-state index contributed by atoms with van der Waals surface area (Å²) < 4.78 is 7.00. The Bertz CT molecular complexity index is 490. The first-order valence-electron chi connectivity index (χ1n) is 7.23. The van der Waals surface area contributed by atoms with Crippen molar-refractivity contribution in [3.8, 4) is 5.75 Å². The van der Waals surface area contributed by atoms with Crippen molar-refractivity contribution in [1.82, 2.24) is 9.47 Å². The summed E-state index contributed by atoms with van der Waals surface area (Å²) in [6.45, 7) is 6.38. The third kappa shape index (κ3) is 3.84. The van der Waals surface area contributed by atoms with Gasteiger partial charge in [0, 0.05) is 32.0 Å². The van der Waals surface area contributed by atoms with Gasteiger partial charge in [-0.2, -0.15) is 0 Å². The highest BCUT2D eigenvalue weighted by Crippen LogP contribution is 2.18. The summed E-state index contributed by atoms with van der Waals surface area (Å²) in [6, 6.07) is 1.54.